The molecule has 0 atom stereocenters. The van der Waals surface area contributed by atoms with E-state index < -0.39 is 11.4 Å². The van der Waals surface area contributed by atoms with Crippen LogP contribution in [0.25, 0.3) is 10.7 Å². The summed E-state index contributed by atoms with van der Waals surface area (Å²) in [5.41, 5.74) is 0.110. The van der Waals surface area contributed by atoms with Crippen molar-refractivity contribution in [3.8, 4) is 10.7 Å². The summed E-state index contributed by atoms with van der Waals surface area (Å²) < 4.78 is 5.49. The van der Waals surface area contributed by atoms with Crippen LogP contribution in [-0.4, -0.2) is 40.9 Å². The van der Waals surface area contributed by atoms with Crippen LogP contribution in [0.3, 0.4) is 0 Å². The molecule has 9 heteroatoms. The molecule has 0 aliphatic heterocycles. The SMILES string of the molecule is CCc1nnsc1-c1nnnn1CC1(C(=O)O)CCC1. The molecule has 1 fully saturated rings. The molecule has 0 radical (unpaired) electrons. The first-order chi connectivity index (χ1) is 9.66. The Morgan fingerprint density at radius 1 is 1.45 bits per heavy atom. The Labute approximate surface area is 119 Å². The van der Waals surface area contributed by atoms with Gasteiger partial charge in [0, 0.05) is 0 Å². The van der Waals surface area contributed by atoms with Gasteiger partial charge in [0.2, 0.25) is 0 Å². The minimum Gasteiger partial charge on any atom is -0.481 e. The van der Waals surface area contributed by atoms with Gasteiger partial charge in [-0.1, -0.05) is 17.8 Å². The first-order valence-electron chi connectivity index (χ1n) is 6.47. The highest BCUT2D eigenvalue weighted by Crippen LogP contribution is 2.43. The largest absolute Gasteiger partial charge is 0.481 e. The van der Waals surface area contributed by atoms with Crippen LogP contribution in [0, 0.1) is 5.41 Å². The summed E-state index contributed by atoms with van der Waals surface area (Å²) in [4.78, 5) is 12.3. The highest BCUT2D eigenvalue weighted by molar-refractivity contribution is 7.09. The van der Waals surface area contributed by atoms with E-state index in [-0.39, 0.29) is 0 Å². The molecular formula is C11H14N6O2S. The monoisotopic (exact) mass is 294 g/mol. The highest BCUT2D eigenvalue weighted by Gasteiger charge is 2.45. The third-order valence-corrected chi connectivity index (χ3v) is 4.61. The third kappa shape index (κ3) is 1.98. The lowest BCUT2D eigenvalue weighted by Gasteiger charge is -2.37. The topological polar surface area (TPSA) is 107 Å². The molecule has 0 aromatic carbocycles. The fourth-order valence-corrected chi connectivity index (χ4v) is 3.15. The molecule has 3 rings (SSSR count). The van der Waals surface area contributed by atoms with Gasteiger partial charge in [-0.3, -0.25) is 4.79 Å². The van der Waals surface area contributed by atoms with Crippen LogP contribution in [0.15, 0.2) is 0 Å². The summed E-state index contributed by atoms with van der Waals surface area (Å²) in [6, 6.07) is 0. The van der Waals surface area contributed by atoms with E-state index in [0.717, 1.165) is 23.4 Å². The summed E-state index contributed by atoms with van der Waals surface area (Å²) in [5.74, 6) is -0.215. The van der Waals surface area contributed by atoms with Crippen molar-refractivity contribution in [2.45, 2.75) is 39.2 Å². The van der Waals surface area contributed by atoms with Gasteiger partial charge in [0.25, 0.3) is 0 Å². The standard InChI is InChI=1S/C11H14N6O2S/c1-2-7-8(20-16-12-7)9-13-14-15-17(9)6-11(10(18)19)4-3-5-11/h2-6H2,1H3,(H,18,19). The molecule has 2 aromatic rings. The summed E-state index contributed by atoms with van der Waals surface area (Å²) >= 11 is 1.23. The molecule has 1 N–H and O–H groups in total. The maximum Gasteiger partial charge on any atom is 0.311 e. The van der Waals surface area contributed by atoms with Gasteiger partial charge >= 0.3 is 5.97 Å². The molecule has 8 nitrogen and oxygen atoms in total. The summed E-state index contributed by atoms with van der Waals surface area (Å²) in [5, 5.41) is 25.1. The molecule has 1 aliphatic carbocycles. The van der Waals surface area contributed by atoms with E-state index in [0.29, 0.717) is 25.2 Å². The fourth-order valence-electron chi connectivity index (χ4n) is 2.41. The van der Waals surface area contributed by atoms with Crippen LogP contribution in [-0.2, 0) is 17.8 Å². The van der Waals surface area contributed by atoms with Crippen molar-refractivity contribution in [3.63, 3.8) is 0 Å². The quantitative estimate of drug-likeness (QED) is 0.876. The van der Waals surface area contributed by atoms with E-state index in [2.05, 4.69) is 25.1 Å². The van der Waals surface area contributed by atoms with Crippen LogP contribution in [0.5, 0.6) is 0 Å². The Bertz CT molecular complexity index is 632. The minimum atomic E-state index is -0.775. The molecule has 106 valence electrons. The molecule has 1 saturated carbocycles. The summed E-state index contributed by atoms with van der Waals surface area (Å²) in [6.07, 6.45) is 3.02. The molecule has 20 heavy (non-hydrogen) atoms. The minimum absolute atomic E-state index is 0.297. The van der Waals surface area contributed by atoms with Crippen molar-refractivity contribution in [1.82, 2.24) is 29.8 Å². The number of hydrogen-bond donors (Lipinski definition) is 1. The van der Waals surface area contributed by atoms with Gasteiger partial charge in [-0.15, -0.1) is 10.2 Å². The van der Waals surface area contributed by atoms with Crippen molar-refractivity contribution >= 4 is 17.5 Å². The number of aryl methyl sites for hydroxylation is 1. The van der Waals surface area contributed by atoms with Crippen molar-refractivity contribution < 1.29 is 9.90 Å². The van der Waals surface area contributed by atoms with Crippen LogP contribution >= 0.6 is 11.5 Å². The second kappa shape index (κ2) is 4.89. The van der Waals surface area contributed by atoms with Gasteiger partial charge in [0.1, 0.15) is 4.88 Å². The average molecular weight is 294 g/mol. The number of carboxylic acid groups (broad SMARTS) is 1. The molecular weight excluding hydrogens is 280 g/mol. The molecule has 0 unspecified atom stereocenters. The molecule has 0 spiro atoms. The number of hydrogen-bond acceptors (Lipinski definition) is 7. The van der Waals surface area contributed by atoms with Gasteiger partial charge in [-0.25, -0.2) is 4.68 Å². The summed E-state index contributed by atoms with van der Waals surface area (Å²) in [6.45, 7) is 2.28. The van der Waals surface area contributed by atoms with Crippen molar-refractivity contribution in [2.24, 2.45) is 5.41 Å². The zero-order valence-corrected chi connectivity index (χ0v) is 11.8. The fraction of sp³-hybridized carbons (Fsp3) is 0.636. The molecule has 2 aromatic heterocycles. The normalized spacial score (nSPS) is 16.9. The number of aliphatic carboxylic acids is 1. The maximum atomic E-state index is 11.4. The van der Waals surface area contributed by atoms with Gasteiger partial charge in [0.15, 0.2) is 5.82 Å². The van der Waals surface area contributed by atoms with Crippen LogP contribution < -0.4 is 0 Å². The number of rotatable bonds is 5. The second-order valence-corrected chi connectivity index (χ2v) is 5.76. The maximum absolute atomic E-state index is 11.4. The molecule has 2 heterocycles. The molecule has 0 amide bonds. The lowest BCUT2D eigenvalue weighted by Crippen LogP contribution is -2.42. The Morgan fingerprint density at radius 3 is 2.85 bits per heavy atom. The first-order valence-corrected chi connectivity index (χ1v) is 7.25. The number of tetrazole rings is 1. The Hall–Kier alpha value is -1.90. The lowest BCUT2D eigenvalue weighted by molar-refractivity contribution is -0.156. The molecule has 1 aliphatic rings. The predicted molar refractivity (Wildman–Crippen MR) is 70.0 cm³/mol. The van der Waals surface area contributed by atoms with Crippen LogP contribution in [0.1, 0.15) is 31.9 Å². The smallest absolute Gasteiger partial charge is 0.311 e. The number of aromatic nitrogens is 6. The molecule has 0 saturated heterocycles. The van der Waals surface area contributed by atoms with Gasteiger partial charge in [0.05, 0.1) is 17.7 Å². The Morgan fingerprint density at radius 2 is 2.25 bits per heavy atom. The zero-order chi connectivity index (χ0) is 14.2. The number of carboxylic acids is 1. The first kappa shape index (κ1) is 13.1. The predicted octanol–water partition coefficient (Wildman–Crippen LogP) is 1.01. The van der Waals surface area contributed by atoms with Gasteiger partial charge < -0.3 is 5.11 Å². The van der Waals surface area contributed by atoms with Crippen LogP contribution in [0.4, 0.5) is 0 Å². The third-order valence-electron chi connectivity index (χ3n) is 3.84. The Kier molecular flexibility index (Phi) is 3.20. The average Bonchev–Trinajstić information content (AvgIpc) is 3.00. The number of nitrogens with zero attached hydrogens (tertiary/aromatic N) is 6. The summed E-state index contributed by atoms with van der Waals surface area (Å²) in [7, 11) is 0. The van der Waals surface area contributed by atoms with E-state index in [1.165, 1.54) is 11.5 Å². The number of carbonyl (C=O) groups is 1. The van der Waals surface area contributed by atoms with Crippen LogP contribution in [0.2, 0.25) is 0 Å². The van der Waals surface area contributed by atoms with Gasteiger partial charge in [-0.05, 0) is 41.2 Å². The van der Waals surface area contributed by atoms with E-state index in [1.807, 2.05) is 6.92 Å². The molecule has 0 bridgehead atoms. The van der Waals surface area contributed by atoms with Crippen molar-refractivity contribution in [1.29, 1.82) is 0 Å². The van der Waals surface area contributed by atoms with E-state index in [4.69, 9.17) is 0 Å². The van der Waals surface area contributed by atoms with E-state index >= 15 is 0 Å². The zero-order valence-electron chi connectivity index (χ0n) is 11.0. The lowest BCUT2D eigenvalue weighted by atomic mass is 9.69. The van der Waals surface area contributed by atoms with Crippen molar-refractivity contribution in [2.75, 3.05) is 0 Å². The van der Waals surface area contributed by atoms with Gasteiger partial charge in [-0.2, -0.15) is 0 Å². The van der Waals surface area contributed by atoms with Crippen molar-refractivity contribution in [3.05, 3.63) is 5.69 Å². The second-order valence-electron chi connectivity index (χ2n) is 5.00. The Balaban J connectivity index is 1.93. The van der Waals surface area contributed by atoms with E-state index in [1.54, 1.807) is 4.68 Å². The van der Waals surface area contributed by atoms with E-state index in [9.17, 15) is 9.90 Å². The highest BCUT2D eigenvalue weighted by atomic mass is 32.1.